The molecule has 2 aromatic rings. The fourth-order valence-electron chi connectivity index (χ4n) is 3.33. The van der Waals surface area contributed by atoms with E-state index in [9.17, 15) is 13.2 Å². The lowest BCUT2D eigenvalue weighted by atomic mass is 10.2. The summed E-state index contributed by atoms with van der Waals surface area (Å²) in [6.45, 7) is 1.83. The molecule has 1 fully saturated rings. The van der Waals surface area contributed by atoms with E-state index in [0.717, 1.165) is 30.4 Å². The molecule has 0 bridgehead atoms. The van der Waals surface area contributed by atoms with Crippen molar-refractivity contribution in [2.45, 2.75) is 37.2 Å². The predicted molar refractivity (Wildman–Crippen MR) is 119 cm³/mol. The van der Waals surface area contributed by atoms with Crippen LogP contribution in [-0.4, -0.2) is 43.8 Å². The summed E-state index contributed by atoms with van der Waals surface area (Å²) >= 11 is 11.9. The molecule has 9 heteroatoms. The predicted octanol–water partition coefficient (Wildman–Crippen LogP) is 4.51. The fraction of sp³-hybridized carbons (Fsp3) is 0.381. The average Bonchev–Trinajstić information content (AvgIpc) is 2.75. The zero-order valence-electron chi connectivity index (χ0n) is 16.8. The Morgan fingerprint density at radius 1 is 1.00 bits per heavy atom. The molecule has 0 atom stereocenters. The average molecular weight is 470 g/mol. The van der Waals surface area contributed by atoms with Gasteiger partial charge in [0.25, 0.3) is 0 Å². The van der Waals surface area contributed by atoms with Gasteiger partial charge < -0.3 is 10.2 Å². The molecule has 2 amide bonds. The minimum atomic E-state index is -3.45. The number of urea groups is 1. The summed E-state index contributed by atoms with van der Waals surface area (Å²) in [6.07, 6.45) is 2.88. The summed E-state index contributed by atoms with van der Waals surface area (Å²) in [5.41, 5.74) is 1.69. The molecule has 1 aliphatic rings. The second-order valence-corrected chi connectivity index (χ2v) is 10.1. The molecule has 30 heavy (non-hydrogen) atoms. The van der Waals surface area contributed by atoms with Gasteiger partial charge in [-0.05, 0) is 48.2 Å². The van der Waals surface area contributed by atoms with Gasteiger partial charge in [0.1, 0.15) is 0 Å². The van der Waals surface area contributed by atoms with Gasteiger partial charge in [0.05, 0.1) is 14.9 Å². The molecule has 0 aliphatic carbocycles. The van der Waals surface area contributed by atoms with Gasteiger partial charge in [0, 0.05) is 33.2 Å². The molecule has 2 aromatic carbocycles. The van der Waals surface area contributed by atoms with E-state index >= 15 is 0 Å². The lowest BCUT2D eigenvalue weighted by molar-refractivity contribution is 0.206. The first kappa shape index (κ1) is 22.9. The third-order valence-corrected chi connectivity index (χ3v) is 7.72. The van der Waals surface area contributed by atoms with Gasteiger partial charge in [-0.25, -0.2) is 13.2 Å². The van der Waals surface area contributed by atoms with Gasteiger partial charge in [0.15, 0.2) is 0 Å². The Kier molecular flexibility index (Phi) is 7.63. The Morgan fingerprint density at radius 3 is 2.27 bits per heavy atom. The molecule has 1 aliphatic heterocycles. The van der Waals surface area contributed by atoms with E-state index in [0.29, 0.717) is 36.2 Å². The topological polar surface area (TPSA) is 69.7 Å². The maximum atomic E-state index is 12.7. The van der Waals surface area contributed by atoms with Crippen LogP contribution < -0.4 is 5.32 Å². The SMILES string of the molecule is CN(Cc1ccc(Cl)c(Cl)c1)C(=O)NCc1ccc(S(=O)(=O)N2CCCCC2)cc1. The van der Waals surface area contributed by atoms with Crippen LogP contribution in [0.5, 0.6) is 0 Å². The number of sulfonamides is 1. The van der Waals surface area contributed by atoms with E-state index in [1.807, 2.05) is 6.07 Å². The van der Waals surface area contributed by atoms with Crippen LogP contribution in [0.3, 0.4) is 0 Å². The molecule has 3 rings (SSSR count). The van der Waals surface area contributed by atoms with Gasteiger partial charge in [-0.15, -0.1) is 0 Å². The van der Waals surface area contributed by atoms with Crippen LogP contribution >= 0.6 is 23.2 Å². The van der Waals surface area contributed by atoms with E-state index in [-0.39, 0.29) is 10.9 Å². The van der Waals surface area contributed by atoms with Gasteiger partial charge in [-0.3, -0.25) is 0 Å². The highest BCUT2D eigenvalue weighted by Gasteiger charge is 2.25. The van der Waals surface area contributed by atoms with Crippen molar-refractivity contribution in [3.63, 3.8) is 0 Å². The van der Waals surface area contributed by atoms with Crippen LogP contribution in [0.1, 0.15) is 30.4 Å². The van der Waals surface area contributed by atoms with Gasteiger partial charge in [-0.1, -0.05) is 47.8 Å². The maximum Gasteiger partial charge on any atom is 0.317 e. The van der Waals surface area contributed by atoms with Crippen molar-refractivity contribution in [2.24, 2.45) is 0 Å². The van der Waals surface area contributed by atoms with Gasteiger partial charge in [-0.2, -0.15) is 4.31 Å². The summed E-state index contributed by atoms with van der Waals surface area (Å²) in [6, 6.07) is 11.7. The number of carbonyl (C=O) groups is 1. The van der Waals surface area contributed by atoms with E-state index in [1.165, 1.54) is 4.90 Å². The highest BCUT2D eigenvalue weighted by molar-refractivity contribution is 7.89. The number of halogens is 2. The summed E-state index contributed by atoms with van der Waals surface area (Å²) in [5.74, 6) is 0. The number of piperidine rings is 1. The molecule has 1 N–H and O–H groups in total. The van der Waals surface area contributed by atoms with E-state index < -0.39 is 10.0 Å². The normalized spacial score (nSPS) is 15.0. The number of benzene rings is 2. The van der Waals surface area contributed by atoms with Crippen molar-refractivity contribution in [3.05, 3.63) is 63.6 Å². The number of hydrogen-bond donors (Lipinski definition) is 1. The first-order valence-corrected chi connectivity index (χ1v) is 12.0. The molecule has 6 nitrogen and oxygen atoms in total. The molecule has 0 aromatic heterocycles. The molecule has 1 saturated heterocycles. The van der Waals surface area contributed by atoms with Crippen LogP contribution in [-0.2, 0) is 23.1 Å². The first-order valence-electron chi connectivity index (χ1n) is 9.79. The highest BCUT2D eigenvalue weighted by Crippen LogP contribution is 2.23. The molecule has 0 radical (unpaired) electrons. The lowest BCUT2D eigenvalue weighted by Gasteiger charge is -2.25. The van der Waals surface area contributed by atoms with Crippen molar-refractivity contribution in [1.82, 2.24) is 14.5 Å². The van der Waals surface area contributed by atoms with Crippen LogP contribution in [0, 0.1) is 0 Å². The van der Waals surface area contributed by atoms with Crippen molar-refractivity contribution < 1.29 is 13.2 Å². The van der Waals surface area contributed by atoms with Crippen LogP contribution in [0.25, 0.3) is 0 Å². The van der Waals surface area contributed by atoms with Gasteiger partial charge in [0.2, 0.25) is 10.0 Å². The van der Waals surface area contributed by atoms with E-state index in [1.54, 1.807) is 47.8 Å². The van der Waals surface area contributed by atoms with Crippen molar-refractivity contribution >= 4 is 39.3 Å². The Labute approximate surface area is 187 Å². The van der Waals surface area contributed by atoms with Crippen molar-refractivity contribution in [3.8, 4) is 0 Å². The second kappa shape index (κ2) is 10.0. The Morgan fingerprint density at radius 2 is 1.63 bits per heavy atom. The number of nitrogens with zero attached hydrogens (tertiary/aromatic N) is 2. The smallest absolute Gasteiger partial charge is 0.317 e. The summed E-state index contributed by atoms with van der Waals surface area (Å²) in [7, 11) is -1.76. The van der Waals surface area contributed by atoms with E-state index in [4.69, 9.17) is 23.2 Å². The van der Waals surface area contributed by atoms with Crippen molar-refractivity contribution in [2.75, 3.05) is 20.1 Å². The zero-order valence-corrected chi connectivity index (χ0v) is 19.1. The number of nitrogens with one attached hydrogen (secondary N) is 1. The van der Waals surface area contributed by atoms with Crippen molar-refractivity contribution in [1.29, 1.82) is 0 Å². The molecule has 0 unspecified atom stereocenters. The third kappa shape index (κ3) is 5.66. The Hall–Kier alpha value is -1.80. The van der Waals surface area contributed by atoms with Crippen LogP contribution in [0.4, 0.5) is 4.79 Å². The number of hydrogen-bond acceptors (Lipinski definition) is 3. The van der Waals surface area contributed by atoms with Gasteiger partial charge >= 0.3 is 6.03 Å². The minimum Gasteiger partial charge on any atom is -0.334 e. The monoisotopic (exact) mass is 469 g/mol. The fourth-order valence-corrected chi connectivity index (χ4v) is 5.17. The summed E-state index contributed by atoms with van der Waals surface area (Å²) in [5, 5.41) is 3.75. The number of rotatable bonds is 6. The molecule has 0 saturated carbocycles. The molecule has 162 valence electrons. The minimum absolute atomic E-state index is 0.244. The lowest BCUT2D eigenvalue weighted by Crippen LogP contribution is -2.36. The third-order valence-electron chi connectivity index (χ3n) is 5.07. The molecular weight excluding hydrogens is 445 g/mol. The molecule has 0 spiro atoms. The largest absolute Gasteiger partial charge is 0.334 e. The maximum absolute atomic E-state index is 12.7. The quantitative estimate of drug-likeness (QED) is 0.676. The van der Waals surface area contributed by atoms with Crippen LogP contribution in [0.15, 0.2) is 47.4 Å². The Balaban J connectivity index is 1.55. The number of amides is 2. The molecule has 1 heterocycles. The summed E-state index contributed by atoms with van der Waals surface area (Å²) < 4.78 is 27.0. The first-order chi connectivity index (χ1) is 14.3. The van der Waals surface area contributed by atoms with E-state index in [2.05, 4.69) is 5.32 Å². The highest BCUT2D eigenvalue weighted by atomic mass is 35.5. The van der Waals surface area contributed by atoms with Crippen LogP contribution in [0.2, 0.25) is 10.0 Å². The number of carbonyl (C=O) groups excluding carboxylic acids is 1. The standard InChI is InChI=1S/C21H25Cl2N3O3S/c1-25(15-17-7-10-19(22)20(23)13-17)21(27)24-14-16-5-8-18(9-6-16)30(28,29)26-11-3-2-4-12-26/h5-10,13H,2-4,11-12,14-15H2,1H3,(H,24,27). The Bertz CT molecular complexity index is 991. The molecular formula is C21H25Cl2N3O3S. The second-order valence-electron chi connectivity index (χ2n) is 7.37. The summed E-state index contributed by atoms with van der Waals surface area (Å²) in [4.78, 5) is 14.2. The zero-order chi connectivity index (χ0) is 21.7.